The van der Waals surface area contributed by atoms with Crippen molar-refractivity contribution in [2.24, 2.45) is 0 Å². The van der Waals surface area contributed by atoms with Crippen LogP contribution < -0.4 is 39.1 Å². The van der Waals surface area contributed by atoms with Gasteiger partial charge in [-0.3, -0.25) is 19.8 Å². The van der Waals surface area contributed by atoms with E-state index in [-0.39, 0.29) is 43.0 Å². The van der Waals surface area contributed by atoms with Gasteiger partial charge in [-0.25, -0.2) is 4.79 Å². The zero-order chi connectivity index (χ0) is 40.8. The van der Waals surface area contributed by atoms with Crippen LogP contribution in [0.5, 0.6) is 40.2 Å². The van der Waals surface area contributed by atoms with Crippen molar-refractivity contribution in [1.29, 1.82) is 0 Å². The van der Waals surface area contributed by atoms with Gasteiger partial charge in [0.05, 0.1) is 37.6 Å². The Labute approximate surface area is 339 Å². The Balaban J connectivity index is 1.26. The lowest BCUT2D eigenvalue weighted by molar-refractivity contribution is -0.164. The fraction of sp³-hybridized carbons (Fsp3) is 0.500. The van der Waals surface area contributed by atoms with Crippen molar-refractivity contribution in [3.63, 3.8) is 0 Å². The molecule has 3 aromatic rings. The minimum atomic E-state index is -1.40. The highest BCUT2D eigenvalue weighted by molar-refractivity contribution is 7.99. The van der Waals surface area contributed by atoms with Crippen LogP contribution in [0, 0.1) is 13.8 Å². The number of hydrogen-bond acceptors (Lipinski definition) is 16. The van der Waals surface area contributed by atoms with E-state index < -0.39 is 53.1 Å². The SMILES string of the molecule is CCCC(=O)Oc1cc2c(cc1OC)[C@@]1(CS[C@@H]3c4c(OC(C)=O)c(C)c5c(c4[C@@H](COC1=O)N1C3[C@@H]3N[C@@H](Cc4cc(C)c(OC)c(O)c43)[C@@H]1O)OCO5)NCC2. The summed E-state index contributed by atoms with van der Waals surface area (Å²) in [5.74, 6) is 0.783. The van der Waals surface area contributed by atoms with Gasteiger partial charge in [-0.05, 0) is 67.5 Å². The number of hydrogen-bond donors (Lipinski definition) is 4. The third kappa shape index (κ3) is 5.74. The molecular weight excluding hydrogens is 771 g/mol. The van der Waals surface area contributed by atoms with Gasteiger partial charge in [0.1, 0.15) is 18.6 Å². The smallest absolute Gasteiger partial charge is 0.331 e. The monoisotopic (exact) mass is 817 g/mol. The predicted octanol–water partition coefficient (Wildman–Crippen LogP) is 4.07. The number of esters is 3. The van der Waals surface area contributed by atoms with Gasteiger partial charge in [0.25, 0.3) is 0 Å². The molecule has 3 aromatic carbocycles. The molecule has 0 saturated carbocycles. The average molecular weight is 818 g/mol. The fourth-order valence-corrected chi connectivity index (χ4v) is 11.7. The standard InChI is InChI=1S/C42H47N3O12S/c1-7-8-28(47)57-27-13-21-9-10-43-42(23(21)14-26(27)51-5)16-58-39-31-30(38-37(54-17-55-38)19(3)36(31)56-20(4)46)25(15-53-41(42)50)45-33(39)32-29-22(12-24(44-32)40(45)49)11-18(2)35(52-6)34(29)48/h11,13-14,24-25,32-33,39-40,43-44,48-49H,7-10,12,15-17H2,1-6H3/t24-,25+,32+,33?,39+,40-,42+/m0/s1. The van der Waals surface area contributed by atoms with Gasteiger partial charge >= 0.3 is 17.9 Å². The second kappa shape index (κ2) is 14.5. The summed E-state index contributed by atoms with van der Waals surface area (Å²) in [5.41, 5.74) is 4.17. The second-order valence-electron chi connectivity index (χ2n) is 15.7. The number of methoxy groups -OCH3 is 2. The Morgan fingerprint density at radius 1 is 1.00 bits per heavy atom. The van der Waals surface area contributed by atoms with E-state index in [0.29, 0.717) is 82.4 Å². The number of benzene rings is 3. The first kappa shape index (κ1) is 38.8. The number of carbonyl (C=O) groups is 3. The van der Waals surface area contributed by atoms with Crippen molar-refractivity contribution in [2.45, 2.75) is 94.6 Å². The number of carbonyl (C=O) groups excluding carboxylic acids is 3. The fourth-order valence-electron chi connectivity index (χ4n) is 10.0. The third-order valence-corrected chi connectivity index (χ3v) is 13.9. The van der Waals surface area contributed by atoms with E-state index in [0.717, 1.165) is 16.7 Å². The van der Waals surface area contributed by atoms with Crippen molar-refractivity contribution in [2.75, 3.05) is 39.9 Å². The summed E-state index contributed by atoms with van der Waals surface area (Å²) < 4.78 is 41.9. The Hall–Kier alpha value is -4.74. The van der Waals surface area contributed by atoms with Crippen LogP contribution >= 0.6 is 11.8 Å². The summed E-state index contributed by atoms with van der Waals surface area (Å²) in [7, 11) is 3.01. The maximum absolute atomic E-state index is 14.9. The van der Waals surface area contributed by atoms with Crippen LogP contribution in [0.15, 0.2) is 18.2 Å². The van der Waals surface area contributed by atoms with Crippen LogP contribution in [0.25, 0.3) is 0 Å². The zero-order valence-electron chi connectivity index (χ0n) is 33.2. The Morgan fingerprint density at radius 2 is 1.79 bits per heavy atom. The molecule has 2 fully saturated rings. The van der Waals surface area contributed by atoms with Crippen molar-refractivity contribution in [3.05, 3.63) is 62.7 Å². The molecule has 4 bridgehead atoms. The molecule has 58 heavy (non-hydrogen) atoms. The normalized spacial score (nSPS) is 27.7. The number of aliphatic hydroxyl groups is 1. The summed E-state index contributed by atoms with van der Waals surface area (Å²) in [6, 6.07) is 3.09. The number of aromatic hydroxyl groups is 1. The molecule has 0 aromatic heterocycles. The molecule has 0 radical (unpaired) electrons. The number of nitrogens with one attached hydrogen (secondary N) is 2. The van der Waals surface area contributed by atoms with E-state index in [9.17, 15) is 24.6 Å². The van der Waals surface area contributed by atoms with E-state index >= 15 is 0 Å². The van der Waals surface area contributed by atoms with E-state index in [4.69, 9.17) is 33.2 Å². The molecule has 10 rings (SSSR count). The van der Waals surface area contributed by atoms with Gasteiger partial charge in [-0.2, -0.15) is 0 Å². The van der Waals surface area contributed by atoms with E-state index in [1.54, 1.807) is 12.1 Å². The van der Waals surface area contributed by atoms with Crippen LogP contribution in [0.1, 0.15) is 88.5 Å². The Kier molecular flexibility index (Phi) is 9.70. The van der Waals surface area contributed by atoms with E-state index in [2.05, 4.69) is 10.6 Å². The molecule has 16 heteroatoms. The van der Waals surface area contributed by atoms with Crippen molar-refractivity contribution >= 4 is 29.7 Å². The summed E-state index contributed by atoms with van der Waals surface area (Å²) in [6.07, 6.45) is 0.747. The molecule has 2 saturated heterocycles. The number of aliphatic hydroxyl groups excluding tert-OH is 1. The largest absolute Gasteiger partial charge is 0.504 e. The lowest BCUT2D eigenvalue weighted by atomic mass is 9.74. The van der Waals surface area contributed by atoms with Crippen LogP contribution in [0.3, 0.4) is 0 Å². The molecule has 7 aliphatic heterocycles. The first-order valence-electron chi connectivity index (χ1n) is 19.6. The van der Waals surface area contributed by atoms with E-state index in [1.807, 2.05) is 31.7 Å². The van der Waals surface area contributed by atoms with Crippen LogP contribution in [-0.2, 0) is 37.5 Å². The number of phenolic OH excluding ortho intramolecular Hbond substituents is 1. The van der Waals surface area contributed by atoms with Crippen molar-refractivity contribution < 1.29 is 57.8 Å². The van der Waals surface area contributed by atoms with Crippen molar-refractivity contribution in [3.8, 4) is 40.2 Å². The lowest BCUT2D eigenvalue weighted by Crippen LogP contribution is -2.69. The molecule has 7 heterocycles. The summed E-state index contributed by atoms with van der Waals surface area (Å²) in [6.45, 7) is 7.06. The molecule has 4 N–H and O–H groups in total. The average Bonchev–Trinajstić information content (AvgIpc) is 3.69. The van der Waals surface area contributed by atoms with Gasteiger partial charge in [-0.1, -0.05) is 13.0 Å². The number of ether oxygens (including phenoxy) is 7. The molecule has 15 nitrogen and oxygen atoms in total. The maximum atomic E-state index is 14.9. The van der Waals surface area contributed by atoms with Crippen LogP contribution in [0.2, 0.25) is 0 Å². The molecular formula is C42H47N3O12S. The summed E-state index contributed by atoms with van der Waals surface area (Å²) >= 11 is 1.45. The highest BCUT2D eigenvalue weighted by Crippen LogP contribution is 2.63. The lowest BCUT2D eigenvalue weighted by Gasteiger charge is -2.59. The minimum absolute atomic E-state index is 0.0124. The van der Waals surface area contributed by atoms with Gasteiger partial charge in [0.2, 0.25) is 6.79 Å². The van der Waals surface area contributed by atoms with Gasteiger partial charge < -0.3 is 48.7 Å². The Bertz CT molecular complexity index is 2250. The molecule has 1 spiro atoms. The second-order valence-corrected chi connectivity index (χ2v) is 16.8. The number of piperazine rings is 1. The highest BCUT2D eigenvalue weighted by atomic mass is 32.2. The molecule has 0 aliphatic carbocycles. The van der Waals surface area contributed by atoms with Gasteiger partial charge in [-0.15, -0.1) is 11.8 Å². The quantitative estimate of drug-likeness (QED) is 0.206. The topological polar surface area (TPSA) is 184 Å². The summed E-state index contributed by atoms with van der Waals surface area (Å²) in [4.78, 5) is 42.4. The number of rotatable bonds is 6. The molecule has 308 valence electrons. The van der Waals surface area contributed by atoms with Gasteiger partial charge in [0.15, 0.2) is 40.0 Å². The number of aryl methyl sites for hydroxylation is 1. The maximum Gasteiger partial charge on any atom is 0.331 e. The number of thioether (sulfide) groups is 1. The van der Waals surface area contributed by atoms with Crippen molar-refractivity contribution in [1.82, 2.24) is 15.5 Å². The number of phenols is 1. The zero-order valence-corrected chi connectivity index (χ0v) is 34.0. The number of nitrogens with zero attached hydrogens (tertiary/aromatic N) is 1. The van der Waals surface area contributed by atoms with E-state index in [1.165, 1.54) is 32.9 Å². The highest BCUT2D eigenvalue weighted by Gasteiger charge is 2.60. The molecule has 0 amide bonds. The summed E-state index contributed by atoms with van der Waals surface area (Å²) in [5, 5.41) is 31.0. The Morgan fingerprint density at radius 3 is 2.53 bits per heavy atom. The first-order valence-corrected chi connectivity index (χ1v) is 20.7. The van der Waals surface area contributed by atoms with Crippen LogP contribution in [-0.4, -0.2) is 91.2 Å². The minimum Gasteiger partial charge on any atom is -0.504 e. The molecule has 1 unspecified atom stereocenters. The third-order valence-electron chi connectivity index (χ3n) is 12.4. The molecule has 7 aliphatic rings. The first-order chi connectivity index (χ1) is 27.9. The molecule has 7 atom stereocenters. The predicted molar refractivity (Wildman–Crippen MR) is 209 cm³/mol. The van der Waals surface area contributed by atoms with Gasteiger partial charge in [0, 0.05) is 53.9 Å². The number of fused-ring (bicyclic) bond motifs is 9. The van der Waals surface area contributed by atoms with Crippen LogP contribution in [0.4, 0.5) is 0 Å².